The first-order valence-corrected chi connectivity index (χ1v) is 4.11. The topological polar surface area (TPSA) is 83.8 Å². The number of hydrogen-bond acceptors (Lipinski definition) is 3. The summed E-state index contributed by atoms with van der Waals surface area (Å²) in [5.74, 6) is -2.08. The molecule has 1 fully saturated rings. The van der Waals surface area contributed by atoms with Gasteiger partial charge in [0.05, 0.1) is 26.1 Å². The quantitative estimate of drug-likeness (QED) is 0.658. The van der Waals surface area contributed by atoms with Crippen LogP contribution in [0.1, 0.15) is 12.8 Å². The van der Waals surface area contributed by atoms with Gasteiger partial charge in [0, 0.05) is 0 Å². The molecule has 0 aliphatic carbocycles. The highest BCUT2D eigenvalue weighted by Gasteiger charge is 2.31. The van der Waals surface area contributed by atoms with Crippen molar-refractivity contribution in [3.05, 3.63) is 0 Å². The third-order valence-electron chi connectivity index (χ3n) is 2.20. The highest BCUT2D eigenvalue weighted by molar-refractivity contribution is 5.68. The van der Waals surface area contributed by atoms with E-state index in [-0.39, 0.29) is 24.7 Å². The van der Waals surface area contributed by atoms with Gasteiger partial charge in [0.2, 0.25) is 0 Å². The summed E-state index contributed by atoms with van der Waals surface area (Å²) >= 11 is 0. The van der Waals surface area contributed by atoms with Crippen LogP contribution in [0.25, 0.3) is 0 Å². The van der Waals surface area contributed by atoms with Crippen molar-refractivity contribution in [3.8, 4) is 0 Å². The highest BCUT2D eigenvalue weighted by atomic mass is 16.5. The maximum atomic E-state index is 10.4. The maximum absolute atomic E-state index is 10.4. The average molecular weight is 188 g/mol. The van der Waals surface area contributed by atoms with Gasteiger partial charge in [-0.1, -0.05) is 0 Å². The van der Waals surface area contributed by atoms with Gasteiger partial charge >= 0.3 is 11.9 Å². The minimum atomic E-state index is -0.897. The molecule has 0 bridgehead atoms. The van der Waals surface area contributed by atoms with E-state index in [9.17, 15) is 9.59 Å². The summed E-state index contributed by atoms with van der Waals surface area (Å²) in [7, 11) is 0. The third-order valence-corrected chi connectivity index (χ3v) is 2.20. The lowest BCUT2D eigenvalue weighted by Crippen LogP contribution is -2.19. The zero-order chi connectivity index (χ0) is 9.84. The van der Waals surface area contributed by atoms with Crippen molar-refractivity contribution >= 4 is 11.9 Å². The fourth-order valence-corrected chi connectivity index (χ4v) is 1.54. The first-order valence-electron chi connectivity index (χ1n) is 4.11. The number of aliphatic carboxylic acids is 2. The normalized spacial score (nSPS) is 27.4. The molecule has 1 aliphatic rings. The summed E-state index contributed by atoms with van der Waals surface area (Å²) in [5.41, 5.74) is 0. The van der Waals surface area contributed by atoms with Crippen molar-refractivity contribution < 1.29 is 24.5 Å². The van der Waals surface area contributed by atoms with Gasteiger partial charge in [0.15, 0.2) is 0 Å². The molecule has 0 saturated carbocycles. The Hall–Kier alpha value is -1.10. The van der Waals surface area contributed by atoms with Crippen LogP contribution in [0.4, 0.5) is 0 Å². The van der Waals surface area contributed by atoms with E-state index in [1.165, 1.54) is 0 Å². The van der Waals surface area contributed by atoms with Crippen LogP contribution in [0.15, 0.2) is 0 Å². The maximum Gasteiger partial charge on any atom is 0.303 e. The Morgan fingerprint density at radius 3 is 1.77 bits per heavy atom. The standard InChI is InChI=1S/C8H12O5/c9-7(10)1-5-3-13-4-6(5)2-8(11)12/h5-6H,1-4H2,(H,9,10)(H,11,12)/t5-,6+. The predicted molar refractivity (Wildman–Crippen MR) is 42.3 cm³/mol. The summed E-state index contributed by atoms with van der Waals surface area (Å²) in [5, 5.41) is 17.0. The van der Waals surface area contributed by atoms with E-state index in [2.05, 4.69) is 0 Å². The SMILES string of the molecule is O=C(O)C[C@H]1COC[C@H]1CC(=O)O. The van der Waals surface area contributed by atoms with Gasteiger partial charge in [0.1, 0.15) is 0 Å². The van der Waals surface area contributed by atoms with Crippen LogP contribution in [-0.2, 0) is 14.3 Å². The summed E-state index contributed by atoms with van der Waals surface area (Å²) in [6, 6.07) is 0. The van der Waals surface area contributed by atoms with Crippen molar-refractivity contribution in [1.29, 1.82) is 0 Å². The molecular weight excluding hydrogens is 176 g/mol. The Morgan fingerprint density at radius 1 is 1.08 bits per heavy atom. The monoisotopic (exact) mass is 188 g/mol. The van der Waals surface area contributed by atoms with Crippen molar-refractivity contribution in [2.24, 2.45) is 11.8 Å². The largest absolute Gasteiger partial charge is 0.481 e. The van der Waals surface area contributed by atoms with Gasteiger partial charge in [-0.2, -0.15) is 0 Å². The number of rotatable bonds is 4. The van der Waals surface area contributed by atoms with Crippen LogP contribution in [0.3, 0.4) is 0 Å². The molecule has 2 atom stereocenters. The summed E-state index contributed by atoms with van der Waals surface area (Å²) < 4.78 is 5.04. The molecule has 0 spiro atoms. The Morgan fingerprint density at radius 2 is 1.46 bits per heavy atom. The molecule has 0 amide bonds. The van der Waals surface area contributed by atoms with Crippen molar-refractivity contribution in [2.45, 2.75) is 12.8 Å². The second-order valence-electron chi connectivity index (χ2n) is 3.25. The molecule has 13 heavy (non-hydrogen) atoms. The van der Waals surface area contributed by atoms with Gasteiger partial charge in [-0.15, -0.1) is 0 Å². The molecule has 0 unspecified atom stereocenters. The van der Waals surface area contributed by atoms with E-state index < -0.39 is 11.9 Å². The number of ether oxygens (including phenoxy) is 1. The van der Waals surface area contributed by atoms with Crippen molar-refractivity contribution in [2.75, 3.05) is 13.2 Å². The Balaban J connectivity index is 2.43. The summed E-state index contributed by atoms with van der Waals surface area (Å²) in [6.45, 7) is 0.731. The van der Waals surface area contributed by atoms with Gasteiger partial charge in [0.25, 0.3) is 0 Å². The van der Waals surface area contributed by atoms with Crippen LogP contribution < -0.4 is 0 Å². The molecule has 2 N–H and O–H groups in total. The van der Waals surface area contributed by atoms with Crippen LogP contribution >= 0.6 is 0 Å². The lowest BCUT2D eigenvalue weighted by molar-refractivity contribution is -0.141. The third kappa shape index (κ3) is 3.02. The lowest BCUT2D eigenvalue weighted by atomic mass is 9.90. The minimum Gasteiger partial charge on any atom is -0.481 e. The van der Waals surface area contributed by atoms with E-state index in [0.29, 0.717) is 13.2 Å². The van der Waals surface area contributed by atoms with Crippen molar-refractivity contribution in [3.63, 3.8) is 0 Å². The lowest BCUT2D eigenvalue weighted by Gasteiger charge is -2.12. The zero-order valence-corrected chi connectivity index (χ0v) is 7.10. The Kier molecular flexibility index (Phi) is 3.25. The smallest absolute Gasteiger partial charge is 0.303 e. The number of carboxylic acid groups (broad SMARTS) is 2. The zero-order valence-electron chi connectivity index (χ0n) is 7.10. The van der Waals surface area contributed by atoms with Gasteiger partial charge in [-0.25, -0.2) is 0 Å². The first-order chi connectivity index (χ1) is 6.09. The van der Waals surface area contributed by atoms with Gasteiger partial charge in [-0.05, 0) is 11.8 Å². The molecule has 5 heteroatoms. The highest BCUT2D eigenvalue weighted by Crippen LogP contribution is 2.26. The fourth-order valence-electron chi connectivity index (χ4n) is 1.54. The second kappa shape index (κ2) is 4.23. The molecule has 0 aromatic rings. The number of carboxylic acids is 2. The molecule has 74 valence electrons. The molecule has 5 nitrogen and oxygen atoms in total. The van der Waals surface area contributed by atoms with E-state index >= 15 is 0 Å². The molecule has 1 heterocycles. The summed E-state index contributed by atoms with van der Waals surface area (Å²) in [6.07, 6.45) is -0.00407. The van der Waals surface area contributed by atoms with E-state index in [0.717, 1.165) is 0 Å². The van der Waals surface area contributed by atoms with Crippen LogP contribution in [0, 0.1) is 11.8 Å². The Labute approximate surface area is 75.3 Å². The van der Waals surface area contributed by atoms with Crippen LogP contribution in [0.5, 0.6) is 0 Å². The second-order valence-corrected chi connectivity index (χ2v) is 3.25. The van der Waals surface area contributed by atoms with E-state index in [1.54, 1.807) is 0 Å². The van der Waals surface area contributed by atoms with Crippen LogP contribution in [0.2, 0.25) is 0 Å². The van der Waals surface area contributed by atoms with Crippen molar-refractivity contribution in [1.82, 2.24) is 0 Å². The Bertz CT molecular complexity index is 191. The molecule has 1 saturated heterocycles. The molecule has 0 aromatic carbocycles. The number of carbonyl (C=O) groups is 2. The molecular formula is C8H12O5. The molecule has 1 aliphatic heterocycles. The molecule has 0 radical (unpaired) electrons. The van der Waals surface area contributed by atoms with Gasteiger partial charge < -0.3 is 14.9 Å². The minimum absolute atomic E-state index is 0.00204. The predicted octanol–water partition coefficient (Wildman–Crippen LogP) is 0.198. The number of hydrogen-bond donors (Lipinski definition) is 2. The fraction of sp³-hybridized carbons (Fsp3) is 0.750. The first kappa shape index (κ1) is 9.98. The summed E-state index contributed by atoms with van der Waals surface area (Å²) in [4.78, 5) is 20.8. The van der Waals surface area contributed by atoms with Gasteiger partial charge in [-0.3, -0.25) is 9.59 Å². The molecule has 0 aromatic heterocycles. The van der Waals surface area contributed by atoms with Crippen LogP contribution in [-0.4, -0.2) is 35.4 Å². The molecule has 1 rings (SSSR count). The van der Waals surface area contributed by atoms with E-state index in [1.807, 2.05) is 0 Å². The average Bonchev–Trinajstić information content (AvgIpc) is 2.34. The van der Waals surface area contributed by atoms with E-state index in [4.69, 9.17) is 14.9 Å².